The number of oxazole rings is 1. The quantitative estimate of drug-likeness (QED) is 0.562. The highest BCUT2D eigenvalue weighted by Gasteiger charge is 2.36. The molecule has 1 aliphatic rings. The van der Waals surface area contributed by atoms with Gasteiger partial charge in [0.2, 0.25) is 5.91 Å². The van der Waals surface area contributed by atoms with Crippen LogP contribution < -0.4 is 5.32 Å². The number of amides is 2. The van der Waals surface area contributed by atoms with E-state index >= 15 is 0 Å². The number of nitrogens with one attached hydrogen (secondary N) is 1. The minimum atomic E-state index is -0.660. The summed E-state index contributed by atoms with van der Waals surface area (Å²) in [6, 6.07) is 15.8. The molecule has 0 saturated heterocycles. The number of furan rings is 1. The van der Waals surface area contributed by atoms with Gasteiger partial charge in [-0.15, -0.1) is 0 Å². The molecule has 0 aliphatic carbocycles. The first-order valence-corrected chi connectivity index (χ1v) is 9.68. The van der Waals surface area contributed by atoms with Gasteiger partial charge in [-0.25, -0.2) is 4.98 Å². The lowest BCUT2D eigenvalue weighted by atomic mass is 9.93. The zero-order valence-corrected chi connectivity index (χ0v) is 16.3. The molecule has 7 nitrogen and oxygen atoms in total. The van der Waals surface area contributed by atoms with Gasteiger partial charge in [0.15, 0.2) is 17.2 Å². The molecule has 1 atom stereocenters. The molecule has 0 spiro atoms. The molecule has 0 radical (unpaired) electrons. The Balaban J connectivity index is 1.45. The largest absolute Gasteiger partial charge is 0.459 e. The molecular weight excluding hydrogens is 382 g/mol. The lowest BCUT2D eigenvalue weighted by Crippen LogP contribution is -2.50. The molecule has 3 heterocycles. The number of carbonyl (C=O) groups is 2. The minimum Gasteiger partial charge on any atom is -0.459 e. The van der Waals surface area contributed by atoms with Crippen LogP contribution in [0, 0.1) is 6.92 Å². The van der Waals surface area contributed by atoms with E-state index in [1.807, 2.05) is 24.3 Å². The molecule has 0 saturated carbocycles. The normalized spacial score (nSPS) is 15.8. The molecule has 1 aliphatic heterocycles. The van der Waals surface area contributed by atoms with E-state index in [2.05, 4.69) is 10.3 Å². The van der Waals surface area contributed by atoms with Gasteiger partial charge in [0.1, 0.15) is 11.6 Å². The number of aryl methyl sites for hydroxylation is 1. The molecule has 2 amide bonds. The number of carbonyl (C=O) groups excluding carboxylic acids is 2. The van der Waals surface area contributed by atoms with E-state index in [9.17, 15) is 9.59 Å². The van der Waals surface area contributed by atoms with Crippen LogP contribution in [0.2, 0.25) is 0 Å². The molecule has 1 N–H and O–H groups in total. The third-order valence-electron chi connectivity index (χ3n) is 5.31. The summed E-state index contributed by atoms with van der Waals surface area (Å²) in [4.78, 5) is 32.1. The first kappa shape index (κ1) is 18.2. The van der Waals surface area contributed by atoms with E-state index in [1.54, 1.807) is 42.2 Å². The fourth-order valence-corrected chi connectivity index (χ4v) is 3.86. The van der Waals surface area contributed by atoms with E-state index in [0.29, 0.717) is 35.6 Å². The Hall–Kier alpha value is -3.87. The van der Waals surface area contributed by atoms with Crippen LogP contribution in [0.3, 0.4) is 0 Å². The Bertz CT molecular complexity index is 1240. The lowest BCUT2D eigenvalue weighted by Gasteiger charge is -2.35. The van der Waals surface area contributed by atoms with Gasteiger partial charge in [-0.05, 0) is 41.5 Å². The molecule has 5 rings (SSSR count). The number of benzene rings is 2. The molecule has 2 aromatic carbocycles. The van der Waals surface area contributed by atoms with Gasteiger partial charge >= 0.3 is 0 Å². The molecule has 7 heteroatoms. The highest BCUT2D eigenvalue weighted by Crippen LogP contribution is 2.27. The molecule has 4 aromatic rings. The molecule has 30 heavy (non-hydrogen) atoms. The van der Waals surface area contributed by atoms with E-state index in [4.69, 9.17) is 8.83 Å². The van der Waals surface area contributed by atoms with Gasteiger partial charge in [0.05, 0.1) is 6.26 Å². The zero-order chi connectivity index (χ0) is 20.7. The second-order valence-corrected chi connectivity index (χ2v) is 7.30. The van der Waals surface area contributed by atoms with Gasteiger partial charge in [0.25, 0.3) is 5.91 Å². The van der Waals surface area contributed by atoms with Crippen LogP contribution in [-0.2, 0) is 17.8 Å². The summed E-state index contributed by atoms with van der Waals surface area (Å²) in [7, 11) is 0. The molecular formula is C23H19N3O4. The number of hydrogen-bond donors (Lipinski definition) is 1. The predicted octanol–water partition coefficient (Wildman–Crippen LogP) is 3.94. The van der Waals surface area contributed by atoms with Crippen molar-refractivity contribution in [2.24, 2.45) is 0 Å². The fourth-order valence-electron chi connectivity index (χ4n) is 3.86. The number of fused-ring (bicyclic) bond motifs is 2. The van der Waals surface area contributed by atoms with Crippen LogP contribution in [0.15, 0.2) is 69.7 Å². The Morgan fingerprint density at radius 2 is 1.93 bits per heavy atom. The molecule has 0 fully saturated rings. The number of nitrogens with zero attached hydrogens (tertiary/aromatic N) is 2. The number of anilines is 1. The maximum absolute atomic E-state index is 13.2. The summed E-state index contributed by atoms with van der Waals surface area (Å²) >= 11 is 0. The van der Waals surface area contributed by atoms with Crippen molar-refractivity contribution in [3.63, 3.8) is 0 Å². The van der Waals surface area contributed by atoms with Gasteiger partial charge in [-0.1, -0.05) is 24.3 Å². The summed E-state index contributed by atoms with van der Waals surface area (Å²) < 4.78 is 10.8. The van der Waals surface area contributed by atoms with Crippen LogP contribution in [0.4, 0.5) is 5.69 Å². The number of rotatable bonds is 3. The summed E-state index contributed by atoms with van der Waals surface area (Å²) in [5.74, 6) is 0.209. The van der Waals surface area contributed by atoms with Crippen molar-refractivity contribution in [2.45, 2.75) is 25.9 Å². The van der Waals surface area contributed by atoms with Crippen molar-refractivity contribution >= 4 is 28.6 Å². The SMILES string of the molecule is Cc1nc2cc(NC(=O)C3Cc4ccccc4CN3C(=O)c3ccco3)ccc2o1. The zero-order valence-electron chi connectivity index (χ0n) is 16.3. The van der Waals surface area contributed by atoms with Crippen molar-refractivity contribution < 1.29 is 18.4 Å². The van der Waals surface area contributed by atoms with Gasteiger partial charge in [-0.3, -0.25) is 9.59 Å². The van der Waals surface area contributed by atoms with Crippen molar-refractivity contribution in [2.75, 3.05) is 5.32 Å². The lowest BCUT2D eigenvalue weighted by molar-refractivity contribution is -0.121. The Kier molecular flexibility index (Phi) is 4.35. The Morgan fingerprint density at radius 3 is 2.73 bits per heavy atom. The third-order valence-corrected chi connectivity index (χ3v) is 5.31. The standard InChI is InChI=1S/C23H19N3O4/c1-14-24-18-12-17(8-9-20(18)30-14)25-22(27)19-11-15-5-2-3-6-16(15)13-26(19)23(28)21-7-4-10-29-21/h2-10,12,19H,11,13H2,1H3,(H,25,27). The fraction of sp³-hybridized carbons (Fsp3) is 0.174. The summed E-state index contributed by atoms with van der Waals surface area (Å²) in [6.07, 6.45) is 1.88. The number of aromatic nitrogens is 1. The van der Waals surface area contributed by atoms with Crippen LogP contribution in [0.25, 0.3) is 11.1 Å². The maximum Gasteiger partial charge on any atom is 0.290 e. The van der Waals surface area contributed by atoms with Gasteiger partial charge < -0.3 is 19.1 Å². The van der Waals surface area contributed by atoms with Crippen LogP contribution >= 0.6 is 0 Å². The highest BCUT2D eigenvalue weighted by atomic mass is 16.3. The molecule has 2 aromatic heterocycles. The van der Waals surface area contributed by atoms with Crippen molar-refractivity contribution in [1.29, 1.82) is 0 Å². The van der Waals surface area contributed by atoms with E-state index in [0.717, 1.165) is 11.1 Å². The smallest absolute Gasteiger partial charge is 0.290 e. The summed E-state index contributed by atoms with van der Waals surface area (Å²) in [6.45, 7) is 2.12. The Morgan fingerprint density at radius 1 is 1.10 bits per heavy atom. The summed E-state index contributed by atoms with van der Waals surface area (Å²) in [5.41, 5.74) is 4.02. The van der Waals surface area contributed by atoms with Crippen molar-refractivity contribution in [3.05, 3.63) is 83.6 Å². The first-order valence-electron chi connectivity index (χ1n) is 9.68. The van der Waals surface area contributed by atoms with Crippen molar-refractivity contribution in [3.8, 4) is 0 Å². The highest BCUT2D eigenvalue weighted by molar-refractivity contribution is 6.01. The maximum atomic E-state index is 13.2. The molecule has 1 unspecified atom stereocenters. The van der Waals surface area contributed by atoms with Gasteiger partial charge in [-0.2, -0.15) is 0 Å². The van der Waals surface area contributed by atoms with Gasteiger partial charge in [0, 0.05) is 25.6 Å². The minimum absolute atomic E-state index is 0.215. The third kappa shape index (κ3) is 3.24. The number of hydrogen-bond acceptors (Lipinski definition) is 5. The van der Waals surface area contributed by atoms with E-state index in [1.165, 1.54) is 6.26 Å². The topological polar surface area (TPSA) is 88.6 Å². The monoisotopic (exact) mass is 401 g/mol. The summed E-state index contributed by atoms with van der Waals surface area (Å²) in [5, 5.41) is 2.93. The average molecular weight is 401 g/mol. The molecule has 150 valence electrons. The van der Waals surface area contributed by atoms with Crippen molar-refractivity contribution in [1.82, 2.24) is 9.88 Å². The van der Waals surface area contributed by atoms with E-state index < -0.39 is 6.04 Å². The second kappa shape index (κ2) is 7.18. The Labute approximate surface area is 172 Å². The van der Waals surface area contributed by atoms with Crippen LogP contribution in [-0.4, -0.2) is 27.7 Å². The van der Waals surface area contributed by atoms with Crippen LogP contribution in [0.5, 0.6) is 0 Å². The molecule has 0 bridgehead atoms. The first-order chi connectivity index (χ1) is 14.6. The van der Waals surface area contributed by atoms with Crippen LogP contribution in [0.1, 0.15) is 27.6 Å². The van der Waals surface area contributed by atoms with E-state index in [-0.39, 0.29) is 17.6 Å². The average Bonchev–Trinajstić information content (AvgIpc) is 3.41. The predicted molar refractivity (Wildman–Crippen MR) is 110 cm³/mol. The second-order valence-electron chi connectivity index (χ2n) is 7.30.